The van der Waals surface area contributed by atoms with Crippen molar-refractivity contribution < 1.29 is 9.59 Å². The van der Waals surface area contributed by atoms with Crippen molar-refractivity contribution in [1.29, 1.82) is 0 Å². The number of imide groups is 1. The van der Waals surface area contributed by atoms with Gasteiger partial charge in [-0.1, -0.05) is 43.2 Å². The standard InChI is InChI=1S/C19H23NO2/c21-17-12-19(15-6-2-1-3-7-15)11-5-4-8-16(19)18(22)20(17)13-14-9-10-14/h1-3,6-7,14,16H,4-5,8-13H2/t16-,19-/m0/s1. The third kappa shape index (κ3) is 2.18. The Morgan fingerprint density at radius 1 is 1.05 bits per heavy atom. The summed E-state index contributed by atoms with van der Waals surface area (Å²) in [4.78, 5) is 27.3. The molecular formula is C19H23NO2. The van der Waals surface area contributed by atoms with Crippen molar-refractivity contribution in [2.24, 2.45) is 11.8 Å². The van der Waals surface area contributed by atoms with Crippen molar-refractivity contribution in [3.05, 3.63) is 35.9 Å². The molecule has 116 valence electrons. The van der Waals surface area contributed by atoms with E-state index in [1.54, 1.807) is 4.90 Å². The molecule has 2 amide bonds. The average Bonchev–Trinajstić information content (AvgIpc) is 3.36. The van der Waals surface area contributed by atoms with Crippen LogP contribution in [0, 0.1) is 11.8 Å². The Morgan fingerprint density at radius 2 is 1.82 bits per heavy atom. The second kappa shape index (κ2) is 5.22. The Hall–Kier alpha value is -1.64. The quantitative estimate of drug-likeness (QED) is 0.803. The highest BCUT2D eigenvalue weighted by Crippen LogP contribution is 2.50. The molecule has 0 N–H and O–H groups in total. The highest BCUT2D eigenvalue weighted by Gasteiger charge is 2.53. The summed E-state index contributed by atoms with van der Waals surface area (Å²) in [7, 11) is 0. The Labute approximate surface area is 131 Å². The monoisotopic (exact) mass is 297 g/mol. The summed E-state index contributed by atoms with van der Waals surface area (Å²) in [6, 6.07) is 10.3. The summed E-state index contributed by atoms with van der Waals surface area (Å²) in [5.41, 5.74) is 0.945. The second-order valence-corrected chi connectivity index (χ2v) is 7.28. The summed E-state index contributed by atoms with van der Waals surface area (Å²) >= 11 is 0. The van der Waals surface area contributed by atoms with Gasteiger partial charge in [0.25, 0.3) is 0 Å². The third-order valence-electron chi connectivity index (χ3n) is 5.85. The first-order chi connectivity index (χ1) is 10.7. The maximum Gasteiger partial charge on any atom is 0.233 e. The van der Waals surface area contributed by atoms with Crippen LogP contribution < -0.4 is 0 Å². The van der Waals surface area contributed by atoms with E-state index in [4.69, 9.17) is 0 Å². The maximum atomic E-state index is 13.0. The minimum Gasteiger partial charge on any atom is -0.282 e. The highest BCUT2D eigenvalue weighted by molar-refractivity contribution is 6.01. The topological polar surface area (TPSA) is 37.4 Å². The first kappa shape index (κ1) is 14.0. The lowest BCUT2D eigenvalue weighted by atomic mass is 9.58. The molecular weight excluding hydrogens is 274 g/mol. The van der Waals surface area contributed by atoms with E-state index in [0.29, 0.717) is 18.9 Å². The number of piperidine rings is 1. The van der Waals surface area contributed by atoms with Crippen molar-refractivity contribution in [3.63, 3.8) is 0 Å². The fourth-order valence-corrected chi connectivity index (χ4v) is 4.46. The molecule has 3 nitrogen and oxygen atoms in total. The highest BCUT2D eigenvalue weighted by atomic mass is 16.2. The van der Waals surface area contributed by atoms with E-state index in [2.05, 4.69) is 12.1 Å². The molecule has 3 aliphatic rings. The van der Waals surface area contributed by atoms with Crippen LogP contribution in [0.25, 0.3) is 0 Å². The zero-order valence-electron chi connectivity index (χ0n) is 13.0. The van der Waals surface area contributed by atoms with E-state index >= 15 is 0 Å². The number of hydrogen-bond acceptors (Lipinski definition) is 2. The number of carbonyl (C=O) groups excluding carboxylic acids is 2. The molecule has 0 radical (unpaired) electrons. The van der Waals surface area contributed by atoms with Crippen LogP contribution in [0.2, 0.25) is 0 Å². The van der Waals surface area contributed by atoms with Gasteiger partial charge >= 0.3 is 0 Å². The van der Waals surface area contributed by atoms with Gasteiger partial charge in [-0.25, -0.2) is 0 Å². The Bertz CT molecular complexity index is 593. The molecule has 2 saturated carbocycles. The summed E-state index contributed by atoms with van der Waals surface area (Å²) in [5, 5.41) is 0. The van der Waals surface area contributed by atoms with Gasteiger partial charge in [0.1, 0.15) is 0 Å². The Morgan fingerprint density at radius 3 is 2.55 bits per heavy atom. The molecule has 4 rings (SSSR count). The largest absolute Gasteiger partial charge is 0.282 e. The van der Waals surface area contributed by atoms with E-state index in [0.717, 1.165) is 25.7 Å². The normalized spacial score (nSPS) is 32.0. The fraction of sp³-hybridized carbons (Fsp3) is 0.579. The average molecular weight is 297 g/mol. The number of amides is 2. The Kier molecular flexibility index (Phi) is 3.32. The molecule has 2 aliphatic carbocycles. The van der Waals surface area contributed by atoms with Crippen LogP contribution in [-0.2, 0) is 15.0 Å². The first-order valence-electron chi connectivity index (χ1n) is 8.60. The molecule has 3 heteroatoms. The number of carbonyl (C=O) groups is 2. The van der Waals surface area contributed by atoms with Crippen LogP contribution in [0.1, 0.15) is 50.5 Å². The molecule has 0 unspecified atom stereocenters. The van der Waals surface area contributed by atoms with Gasteiger partial charge in [-0.2, -0.15) is 0 Å². The van der Waals surface area contributed by atoms with Gasteiger partial charge in [0.2, 0.25) is 11.8 Å². The van der Waals surface area contributed by atoms with Crippen LogP contribution in [0.3, 0.4) is 0 Å². The molecule has 22 heavy (non-hydrogen) atoms. The van der Waals surface area contributed by atoms with E-state index in [9.17, 15) is 9.59 Å². The molecule has 1 aromatic carbocycles. The van der Waals surface area contributed by atoms with E-state index in [1.807, 2.05) is 18.2 Å². The molecule has 0 spiro atoms. The van der Waals surface area contributed by atoms with Crippen molar-refractivity contribution in [2.45, 2.75) is 50.4 Å². The minimum atomic E-state index is -0.242. The van der Waals surface area contributed by atoms with Gasteiger partial charge in [-0.15, -0.1) is 0 Å². The van der Waals surface area contributed by atoms with Gasteiger partial charge < -0.3 is 0 Å². The lowest BCUT2D eigenvalue weighted by molar-refractivity contribution is -0.158. The van der Waals surface area contributed by atoms with Crippen molar-refractivity contribution in [1.82, 2.24) is 4.90 Å². The number of likely N-dealkylation sites (tertiary alicyclic amines) is 1. The Balaban J connectivity index is 1.70. The van der Waals surface area contributed by atoms with Crippen molar-refractivity contribution >= 4 is 11.8 Å². The number of benzene rings is 1. The number of rotatable bonds is 3. The summed E-state index contributed by atoms with van der Waals surface area (Å²) in [5.74, 6) is 0.728. The summed E-state index contributed by atoms with van der Waals surface area (Å²) in [6.07, 6.45) is 6.99. The molecule has 2 atom stereocenters. The zero-order valence-corrected chi connectivity index (χ0v) is 13.0. The van der Waals surface area contributed by atoms with Gasteiger partial charge in [0, 0.05) is 24.3 Å². The predicted molar refractivity (Wildman–Crippen MR) is 84.1 cm³/mol. The number of hydrogen-bond donors (Lipinski definition) is 0. The number of nitrogens with zero attached hydrogens (tertiary/aromatic N) is 1. The van der Waals surface area contributed by atoms with Gasteiger partial charge in [0.15, 0.2) is 0 Å². The smallest absolute Gasteiger partial charge is 0.233 e. The SMILES string of the molecule is O=C1C[C@]2(c3ccccc3)CCCC[C@H]2C(=O)N1CC1CC1. The van der Waals surface area contributed by atoms with E-state index < -0.39 is 0 Å². The van der Waals surface area contributed by atoms with Gasteiger partial charge in [0.05, 0.1) is 0 Å². The van der Waals surface area contributed by atoms with Gasteiger partial charge in [-0.05, 0) is 37.2 Å². The predicted octanol–water partition coefficient (Wildman–Crippen LogP) is 3.28. The maximum absolute atomic E-state index is 13.0. The van der Waals surface area contributed by atoms with Crippen LogP contribution in [-0.4, -0.2) is 23.3 Å². The van der Waals surface area contributed by atoms with Crippen LogP contribution in [0.15, 0.2) is 30.3 Å². The third-order valence-corrected chi connectivity index (χ3v) is 5.85. The summed E-state index contributed by atoms with van der Waals surface area (Å²) < 4.78 is 0. The van der Waals surface area contributed by atoms with E-state index in [1.165, 1.54) is 18.4 Å². The van der Waals surface area contributed by atoms with Crippen LogP contribution in [0.5, 0.6) is 0 Å². The molecule has 1 aromatic rings. The number of fused-ring (bicyclic) bond motifs is 1. The van der Waals surface area contributed by atoms with E-state index in [-0.39, 0.29) is 23.1 Å². The molecule has 0 bridgehead atoms. The summed E-state index contributed by atoms with van der Waals surface area (Å²) in [6.45, 7) is 0.666. The second-order valence-electron chi connectivity index (χ2n) is 7.28. The zero-order chi connectivity index (χ0) is 15.2. The molecule has 3 fully saturated rings. The van der Waals surface area contributed by atoms with Crippen molar-refractivity contribution in [2.75, 3.05) is 6.54 Å². The minimum absolute atomic E-state index is 0.0000926. The molecule has 0 aromatic heterocycles. The fourth-order valence-electron chi connectivity index (χ4n) is 4.46. The molecule has 1 heterocycles. The lowest BCUT2D eigenvalue weighted by Gasteiger charge is -2.49. The molecule has 1 saturated heterocycles. The lowest BCUT2D eigenvalue weighted by Crippen LogP contribution is -2.57. The first-order valence-corrected chi connectivity index (χ1v) is 8.60. The van der Waals surface area contributed by atoms with Crippen LogP contribution in [0.4, 0.5) is 0 Å². The molecule has 1 aliphatic heterocycles. The van der Waals surface area contributed by atoms with Crippen molar-refractivity contribution in [3.8, 4) is 0 Å². The van der Waals surface area contributed by atoms with Crippen LogP contribution >= 0.6 is 0 Å². The van der Waals surface area contributed by atoms with Gasteiger partial charge in [-0.3, -0.25) is 14.5 Å².